The zero-order valence-electron chi connectivity index (χ0n) is 13.5. The highest BCUT2D eigenvalue weighted by molar-refractivity contribution is 8.00. The average Bonchev–Trinajstić information content (AvgIpc) is 3.24. The Morgan fingerprint density at radius 3 is 2.60 bits per heavy atom. The molecule has 2 heterocycles. The molecule has 5 heteroatoms. The average molecular weight is 369 g/mol. The second-order valence-corrected chi connectivity index (χ2v) is 7.45. The molecule has 0 unspecified atom stereocenters. The highest BCUT2D eigenvalue weighted by Gasteiger charge is 2.33. The standard InChI is InChI=1S/C20H17ClN2OS/c21-17-8-4-5-9-18(17)22-11-10-16(13-22)20-23(19(24)14-25-20)12-15-6-2-1-3-7-15/h1-11,13,20H,12,14H2/t20-/m0/s1. The fourth-order valence-corrected chi connectivity index (χ4v) is 4.45. The van der Waals surface area contributed by atoms with E-state index in [1.165, 1.54) is 0 Å². The molecule has 1 atom stereocenters. The van der Waals surface area contributed by atoms with Crippen molar-refractivity contribution in [1.82, 2.24) is 9.47 Å². The number of benzene rings is 2. The summed E-state index contributed by atoms with van der Waals surface area (Å²) in [6.45, 7) is 0.634. The number of hydrogen-bond donors (Lipinski definition) is 0. The first-order chi connectivity index (χ1) is 12.2. The molecule has 0 saturated carbocycles. The molecular weight excluding hydrogens is 352 g/mol. The van der Waals surface area contributed by atoms with Gasteiger partial charge in [-0.05, 0) is 23.8 Å². The molecule has 126 valence electrons. The summed E-state index contributed by atoms with van der Waals surface area (Å²) in [6.07, 6.45) is 4.07. The molecule has 1 fully saturated rings. The minimum absolute atomic E-state index is 0.0384. The zero-order chi connectivity index (χ0) is 17.2. The van der Waals surface area contributed by atoms with Gasteiger partial charge in [-0.25, -0.2) is 0 Å². The van der Waals surface area contributed by atoms with Crippen molar-refractivity contribution in [2.24, 2.45) is 0 Å². The molecule has 1 aliphatic heterocycles. The second kappa shape index (κ2) is 6.98. The van der Waals surface area contributed by atoms with E-state index >= 15 is 0 Å². The van der Waals surface area contributed by atoms with Crippen molar-refractivity contribution in [1.29, 1.82) is 0 Å². The summed E-state index contributed by atoms with van der Waals surface area (Å²) in [5.41, 5.74) is 3.21. The van der Waals surface area contributed by atoms with Gasteiger partial charge in [0.25, 0.3) is 0 Å². The molecule has 1 aliphatic rings. The van der Waals surface area contributed by atoms with Crippen molar-refractivity contribution in [3.63, 3.8) is 0 Å². The topological polar surface area (TPSA) is 25.2 Å². The van der Waals surface area contributed by atoms with Crippen LogP contribution in [-0.2, 0) is 11.3 Å². The van der Waals surface area contributed by atoms with Gasteiger partial charge in [-0.1, -0.05) is 54.1 Å². The summed E-state index contributed by atoms with van der Waals surface area (Å²) in [4.78, 5) is 14.3. The predicted octanol–water partition coefficient (Wildman–Crippen LogP) is 4.90. The van der Waals surface area contributed by atoms with E-state index in [2.05, 4.69) is 24.4 Å². The van der Waals surface area contributed by atoms with Gasteiger partial charge in [0.05, 0.1) is 16.5 Å². The van der Waals surface area contributed by atoms with Crippen LogP contribution in [0.2, 0.25) is 5.02 Å². The molecule has 4 rings (SSSR count). The number of halogens is 1. The fourth-order valence-electron chi connectivity index (χ4n) is 3.05. The number of thioether (sulfide) groups is 1. The first-order valence-electron chi connectivity index (χ1n) is 8.10. The number of amides is 1. The van der Waals surface area contributed by atoms with Crippen LogP contribution in [0.25, 0.3) is 5.69 Å². The van der Waals surface area contributed by atoms with Crippen molar-refractivity contribution in [3.05, 3.63) is 89.2 Å². The summed E-state index contributed by atoms with van der Waals surface area (Å²) < 4.78 is 2.02. The summed E-state index contributed by atoms with van der Waals surface area (Å²) in [7, 11) is 0. The van der Waals surface area contributed by atoms with Crippen LogP contribution in [0.15, 0.2) is 73.1 Å². The second-order valence-electron chi connectivity index (χ2n) is 5.97. The lowest BCUT2D eigenvalue weighted by atomic mass is 10.2. The summed E-state index contributed by atoms with van der Waals surface area (Å²) in [5, 5.41) is 0.748. The van der Waals surface area contributed by atoms with Crippen LogP contribution in [0.5, 0.6) is 0 Å². The predicted molar refractivity (Wildman–Crippen MR) is 103 cm³/mol. The summed E-state index contributed by atoms with van der Waals surface area (Å²) >= 11 is 7.97. The van der Waals surface area contributed by atoms with Gasteiger partial charge in [0.15, 0.2) is 0 Å². The lowest BCUT2D eigenvalue weighted by Gasteiger charge is -2.23. The molecule has 0 bridgehead atoms. The van der Waals surface area contributed by atoms with Crippen molar-refractivity contribution < 1.29 is 4.79 Å². The third-order valence-electron chi connectivity index (χ3n) is 4.30. The summed E-state index contributed by atoms with van der Waals surface area (Å²) in [5.74, 6) is 0.707. The molecule has 1 amide bonds. The largest absolute Gasteiger partial charge is 0.322 e. The van der Waals surface area contributed by atoms with Crippen LogP contribution in [0.1, 0.15) is 16.5 Å². The van der Waals surface area contributed by atoms with Crippen molar-refractivity contribution in [2.45, 2.75) is 11.9 Å². The van der Waals surface area contributed by atoms with Gasteiger partial charge in [-0.3, -0.25) is 4.79 Å². The van der Waals surface area contributed by atoms with Crippen LogP contribution in [-0.4, -0.2) is 21.1 Å². The Morgan fingerprint density at radius 2 is 1.80 bits per heavy atom. The zero-order valence-corrected chi connectivity index (χ0v) is 15.1. The smallest absolute Gasteiger partial charge is 0.234 e. The molecule has 0 radical (unpaired) electrons. The quantitative estimate of drug-likeness (QED) is 0.654. The third-order valence-corrected chi connectivity index (χ3v) is 5.87. The molecule has 25 heavy (non-hydrogen) atoms. The Hall–Kier alpha value is -2.17. The molecule has 0 spiro atoms. The molecule has 1 aromatic heterocycles. The van der Waals surface area contributed by atoms with Crippen LogP contribution in [0.3, 0.4) is 0 Å². The highest BCUT2D eigenvalue weighted by Crippen LogP contribution is 2.40. The van der Waals surface area contributed by atoms with Crippen molar-refractivity contribution in [2.75, 3.05) is 5.75 Å². The number of para-hydroxylation sites is 1. The Morgan fingerprint density at radius 1 is 1.04 bits per heavy atom. The third kappa shape index (κ3) is 3.32. The van der Waals surface area contributed by atoms with E-state index < -0.39 is 0 Å². The number of carbonyl (C=O) groups excluding carboxylic acids is 1. The lowest BCUT2D eigenvalue weighted by molar-refractivity contribution is -0.128. The van der Waals surface area contributed by atoms with Gasteiger partial charge in [-0.15, -0.1) is 11.8 Å². The molecular formula is C20H17ClN2OS. The maximum absolute atomic E-state index is 12.4. The number of nitrogens with zero attached hydrogens (tertiary/aromatic N) is 2. The van der Waals surface area contributed by atoms with Gasteiger partial charge < -0.3 is 9.47 Å². The minimum Gasteiger partial charge on any atom is -0.322 e. The van der Waals surface area contributed by atoms with Crippen LogP contribution >= 0.6 is 23.4 Å². The van der Waals surface area contributed by atoms with E-state index in [0.29, 0.717) is 17.3 Å². The summed E-state index contributed by atoms with van der Waals surface area (Å²) in [6, 6.07) is 19.9. The van der Waals surface area contributed by atoms with Gasteiger partial charge in [0, 0.05) is 24.5 Å². The minimum atomic E-state index is 0.0384. The van der Waals surface area contributed by atoms with E-state index in [1.54, 1.807) is 11.8 Å². The first kappa shape index (κ1) is 16.3. The lowest BCUT2D eigenvalue weighted by Crippen LogP contribution is -2.27. The number of rotatable bonds is 4. The highest BCUT2D eigenvalue weighted by atomic mass is 35.5. The Balaban J connectivity index is 1.60. The van der Waals surface area contributed by atoms with Crippen LogP contribution in [0, 0.1) is 0 Å². The first-order valence-corrected chi connectivity index (χ1v) is 9.53. The van der Waals surface area contributed by atoms with Crippen LogP contribution < -0.4 is 0 Å². The SMILES string of the molecule is O=C1CS[C@@H](c2ccn(-c3ccccc3Cl)c2)N1Cc1ccccc1. The number of carbonyl (C=O) groups is 1. The normalized spacial score (nSPS) is 17.2. The monoisotopic (exact) mass is 368 g/mol. The maximum Gasteiger partial charge on any atom is 0.234 e. The molecule has 0 N–H and O–H groups in total. The Bertz CT molecular complexity index is 893. The van der Waals surface area contributed by atoms with Gasteiger partial charge in [-0.2, -0.15) is 0 Å². The van der Waals surface area contributed by atoms with Gasteiger partial charge in [0.2, 0.25) is 5.91 Å². The molecule has 3 aromatic rings. The van der Waals surface area contributed by atoms with E-state index in [0.717, 1.165) is 16.8 Å². The number of hydrogen-bond acceptors (Lipinski definition) is 2. The van der Waals surface area contributed by atoms with E-state index in [-0.39, 0.29) is 11.3 Å². The molecule has 3 nitrogen and oxygen atoms in total. The van der Waals surface area contributed by atoms with Crippen molar-refractivity contribution in [3.8, 4) is 5.69 Å². The number of aromatic nitrogens is 1. The van der Waals surface area contributed by atoms with E-state index in [1.807, 2.05) is 58.1 Å². The van der Waals surface area contributed by atoms with Gasteiger partial charge >= 0.3 is 0 Å². The van der Waals surface area contributed by atoms with E-state index in [4.69, 9.17) is 11.6 Å². The van der Waals surface area contributed by atoms with E-state index in [9.17, 15) is 4.79 Å². The Labute approximate surface area is 156 Å². The maximum atomic E-state index is 12.4. The Kier molecular flexibility index (Phi) is 4.55. The molecule has 0 aliphatic carbocycles. The fraction of sp³-hybridized carbons (Fsp3) is 0.150. The van der Waals surface area contributed by atoms with Gasteiger partial charge in [0.1, 0.15) is 5.37 Å². The van der Waals surface area contributed by atoms with Crippen molar-refractivity contribution >= 4 is 29.3 Å². The van der Waals surface area contributed by atoms with Crippen LogP contribution in [0.4, 0.5) is 0 Å². The molecule has 1 saturated heterocycles. The molecule has 2 aromatic carbocycles.